The quantitative estimate of drug-likeness (QED) is 0.411. The number of nitrogens with zero attached hydrogens (tertiary/aromatic N) is 4. The Morgan fingerprint density at radius 2 is 1.88 bits per heavy atom. The van der Waals surface area contributed by atoms with Crippen molar-refractivity contribution in [3.8, 4) is 5.75 Å². The van der Waals surface area contributed by atoms with Crippen molar-refractivity contribution in [3.63, 3.8) is 0 Å². The SMILES string of the molecule is Cn1c(=O)n(CCOc2ccc(Cl)cc2)c(=O)c2cc(C(=O)NCc3ccc(N)nc3)ncc21. The first-order valence-corrected chi connectivity index (χ1v) is 10.7. The van der Waals surface area contributed by atoms with Crippen LogP contribution < -0.4 is 27.0 Å². The van der Waals surface area contributed by atoms with E-state index in [0.717, 1.165) is 10.1 Å². The molecule has 0 saturated carbocycles. The van der Waals surface area contributed by atoms with Gasteiger partial charge in [-0.2, -0.15) is 0 Å². The number of pyridine rings is 2. The number of aromatic nitrogens is 4. The number of nitrogens with one attached hydrogen (secondary N) is 1. The first-order valence-electron chi connectivity index (χ1n) is 10.3. The maximum atomic E-state index is 13.1. The number of carbonyl (C=O) groups is 1. The van der Waals surface area contributed by atoms with E-state index in [4.69, 9.17) is 22.1 Å². The highest BCUT2D eigenvalue weighted by atomic mass is 35.5. The number of aryl methyl sites for hydroxylation is 1. The van der Waals surface area contributed by atoms with E-state index in [1.807, 2.05) is 0 Å². The number of benzene rings is 1. The van der Waals surface area contributed by atoms with E-state index in [1.165, 1.54) is 23.9 Å². The van der Waals surface area contributed by atoms with Crippen molar-refractivity contribution in [2.45, 2.75) is 13.1 Å². The third-order valence-corrected chi connectivity index (χ3v) is 5.42. The van der Waals surface area contributed by atoms with Gasteiger partial charge in [0.2, 0.25) is 0 Å². The number of amides is 1. The standard InChI is InChI=1S/C23H21ClN6O4/c1-29-19-13-26-18(21(31)28-12-14-2-7-20(25)27-11-14)10-17(19)22(32)30(23(29)33)8-9-34-16-5-3-15(24)4-6-16/h2-7,10-11,13H,8-9,12H2,1H3,(H2,25,27)(H,28,31). The minimum Gasteiger partial charge on any atom is -0.492 e. The highest BCUT2D eigenvalue weighted by Crippen LogP contribution is 2.15. The van der Waals surface area contributed by atoms with Gasteiger partial charge in [0, 0.05) is 24.8 Å². The molecule has 0 atom stereocenters. The third kappa shape index (κ3) is 4.91. The molecule has 1 aromatic carbocycles. The van der Waals surface area contributed by atoms with E-state index < -0.39 is 17.2 Å². The maximum Gasteiger partial charge on any atom is 0.331 e. The van der Waals surface area contributed by atoms with E-state index in [2.05, 4.69) is 15.3 Å². The molecule has 10 nitrogen and oxygen atoms in total. The van der Waals surface area contributed by atoms with E-state index >= 15 is 0 Å². The summed E-state index contributed by atoms with van der Waals surface area (Å²) >= 11 is 5.86. The van der Waals surface area contributed by atoms with E-state index in [9.17, 15) is 14.4 Å². The lowest BCUT2D eigenvalue weighted by Gasteiger charge is -2.12. The average molecular weight is 481 g/mol. The number of hydrogen-bond acceptors (Lipinski definition) is 7. The Morgan fingerprint density at radius 1 is 1.12 bits per heavy atom. The van der Waals surface area contributed by atoms with Crippen LogP contribution in [0.25, 0.3) is 10.9 Å². The van der Waals surface area contributed by atoms with Crippen LogP contribution in [-0.2, 0) is 20.1 Å². The van der Waals surface area contributed by atoms with Crippen LogP contribution in [0.4, 0.5) is 5.82 Å². The van der Waals surface area contributed by atoms with E-state index in [0.29, 0.717) is 22.1 Å². The molecule has 4 aromatic rings. The summed E-state index contributed by atoms with van der Waals surface area (Å²) in [5, 5.41) is 3.50. The van der Waals surface area contributed by atoms with Gasteiger partial charge >= 0.3 is 5.69 Å². The molecule has 0 fully saturated rings. The second-order valence-corrected chi connectivity index (χ2v) is 7.90. The number of halogens is 1. The Hall–Kier alpha value is -4.18. The van der Waals surface area contributed by atoms with Crippen molar-refractivity contribution >= 4 is 34.2 Å². The fourth-order valence-corrected chi connectivity index (χ4v) is 3.45. The van der Waals surface area contributed by atoms with Crippen LogP contribution in [0.15, 0.2) is 64.4 Å². The van der Waals surface area contributed by atoms with Gasteiger partial charge in [-0.1, -0.05) is 17.7 Å². The van der Waals surface area contributed by atoms with Gasteiger partial charge in [0.15, 0.2) is 0 Å². The zero-order valence-electron chi connectivity index (χ0n) is 18.2. The van der Waals surface area contributed by atoms with E-state index in [-0.39, 0.29) is 30.8 Å². The maximum absolute atomic E-state index is 13.1. The Kier molecular flexibility index (Phi) is 6.60. The number of nitrogens with two attached hydrogens (primary N) is 1. The summed E-state index contributed by atoms with van der Waals surface area (Å²) in [6.45, 7) is 0.333. The van der Waals surface area contributed by atoms with Crippen LogP contribution in [0, 0.1) is 0 Å². The number of anilines is 1. The first-order chi connectivity index (χ1) is 16.3. The van der Waals surface area contributed by atoms with Crippen LogP contribution in [0.5, 0.6) is 5.75 Å². The largest absolute Gasteiger partial charge is 0.492 e. The monoisotopic (exact) mass is 480 g/mol. The lowest BCUT2D eigenvalue weighted by atomic mass is 10.2. The lowest BCUT2D eigenvalue weighted by molar-refractivity contribution is 0.0946. The average Bonchev–Trinajstić information content (AvgIpc) is 2.85. The predicted octanol–water partition coefficient (Wildman–Crippen LogP) is 1.73. The summed E-state index contributed by atoms with van der Waals surface area (Å²) in [5.41, 5.74) is 5.66. The van der Waals surface area contributed by atoms with Gasteiger partial charge in [-0.05, 0) is 42.0 Å². The molecule has 0 bridgehead atoms. The Bertz CT molecular complexity index is 1460. The molecule has 4 rings (SSSR count). The molecular weight excluding hydrogens is 460 g/mol. The number of rotatable bonds is 7. The molecule has 34 heavy (non-hydrogen) atoms. The van der Waals surface area contributed by atoms with Crippen molar-refractivity contribution in [3.05, 3.63) is 92.0 Å². The molecule has 0 spiro atoms. The Labute approximate surface area is 198 Å². The van der Waals surface area contributed by atoms with Crippen molar-refractivity contribution in [1.29, 1.82) is 0 Å². The fraction of sp³-hybridized carbons (Fsp3) is 0.174. The van der Waals surface area contributed by atoms with Gasteiger partial charge in [0.25, 0.3) is 11.5 Å². The molecule has 0 aliphatic carbocycles. The van der Waals surface area contributed by atoms with Gasteiger partial charge in [0.05, 0.1) is 23.6 Å². The van der Waals surface area contributed by atoms with Crippen LogP contribution in [0.2, 0.25) is 5.02 Å². The zero-order valence-corrected chi connectivity index (χ0v) is 19.0. The normalized spacial score (nSPS) is 10.9. The summed E-state index contributed by atoms with van der Waals surface area (Å²) in [4.78, 5) is 46.5. The number of nitrogen functional groups attached to an aromatic ring is 1. The van der Waals surface area contributed by atoms with Gasteiger partial charge in [0.1, 0.15) is 23.9 Å². The minimum absolute atomic E-state index is 0.0259. The minimum atomic E-state index is -0.531. The number of carbonyl (C=O) groups excluding carboxylic acids is 1. The first kappa shape index (κ1) is 23.0. The van der Waals surface area contributed by atoms with Crippen molar-refractivity contribution < 1.29 is 9.53 Å². The lowest BCUT2D eigenvalue weighted by Crippen LogP contribution is -2.40. The number of hydrogen-bond donors (Lipinski definition) is 2. The van der Waals surface area contributed by atoms with Crippen LogP contribution >= 0.6 is 11.6 Å². The van der Waals surface area contributed by atoms with Gasteiger partial charge < -0.3 is 15.8 Å². The van der Waals surface area contributed by atoms with Gasteiger partial charge in [-0.3, -0.25) is 18.7 Å². The molecule has 3 heterocycles. The molecule has 0 unspecified atom stereocenters. The van der Waals surface area contributed by atoms with Crippen molar-refractivity contribution in [2.75, 3.05) is 12.3 Å². The molecule has 11 heteroatoms. The topological polar surface area (TPSA) is 134 Å². The molecule has 0 saturated heterocycles. The second-order valence-electron chi connectivity index (χ2n) is 7.46. The van der Waals surface area contributed by atoms with Crippen LogP contribution in [0.1, 0.15) is 16.1 Å². The van der Waals surface area contributed by atoms with Crippen LogP contribution in [-0.4, -0.2) is 31.6 Å². The molecule has 0 aliphatic heterocycles. The Balaban J connectivity index is 1.55. The van der Waals surface area contributed by atoms with Gasteiger partial charge in [-0.15, -0.1) is 0 Å². The highest BCUT2D eigenvalue weighted by molar-refractivity contribution is 6.30. The summed E-state index contributed by atoms with van der Waals surface area (Å²) in [6, 6.07) is 11.5. The predicted molar refractivity (Wildman–Crippen MR) is 128 cm³/mol. The van der Waals surface area contributed by atoms with Crippen LogP contribution in [0.3, 0.4) is 0 Å². The summed E-state index contributed by atoms with van der Waals surface area (Å²) < 4.78 is 8.00. The van der Waals surface area contributed by atoms with Crippen molar-refractivity contribution in [2.24, 2.45) is 7.05 Å². The number of fused-ring (bicyclic) bond motifs is 1. The summed E-state index contributed by atoms with van der Waals surface area (Å²) in [6.07, 6.45) is 2.90. The fourth-order valence-electron chi connectivity index (χ4n) is 3.32. The van der Waals surface area contributed by atoms with E-state index in [1.54, 1.807) is 42.6 Å². The molecule has 1 amide bonds. The molecule has 0 aliphatic rings. The second kappa shape index (κ2) is 9.75. The highest BCUT2D eigenvalue weighted by Gasteiger charge is 2.15. The Morgan fingerprint density at radius 3 is 2.59 bits per heavy atom. The third-order valence-electron chi connectivity index (χ3n) is 5.17. The summed E-state index contributed by atoms with van der Waals surface area (Å²) in [7, 11) is 1.54. The molecular formula is C23H21ClN6O4. The molecule has 3 aromatic heterocycles. The smallest absolute Gasteiger partial charge is 0.331 e. The molecule has 174 valence electrons. The number of ether oxygens (including phenoxy) is 1. The molecule has 3 N–H and O–H groups in total. The zero-order chi connectivity index (χ0) is 24.2. The molecule has 0 radical (unpaired) electrons. The summed E-state index contributed by atoms with van der Waals surface area (Å²) in [5.74, 6) is 0.478. The van der Waals surface area contributed by atoms with Crippen molar-refractivity contribution in [1.82, 2.24) is 24.4 Å². The van der Waals surface area contributed by atoms with Gasteiger partial charge in [-0.25, -0.2) is 14.8 Å².